The van der Waals surface area contributed by atoms with Crippen LogP contribution in [0.1, 0.15) is 32.6 Å². The molecular formula is C17H26N6O2. The maximum absolute atomic E-state index is 11.6. The van der Waals surface area contributed by atoms with Crippen LogP contribution in [0.15, 0.2) is 6.07 Å². The predicted molar refractivity (Wildman–Crippen MR) is 97.3 cm³/mol. The van der Waals surface area contributed by atoms with Crippen molar-refractivity contribution < 1.29 is 9.53 Å². The third kappa shape index (κ3) is 3.39. The van der Waals surface area contributed by atoms with Gasteiger partial charge in [0.25, 0.3) is 0 Å². The van der Waals surface area contributed by atoms with Crippen LogP contribution in [0.5, 0.6) is 0 Å². The summed E-state index contributed by atoms with van der Waals surface area (Å²) in [6.45, 7) is 8.60. The smallest absolute Gasteiger partial charge is 0.217 e. The van der Waals surface area contributed by atoms with Gasteiger partial charge in [0.1, 0.15) is 17.2 Å². The number of carbonyl (C=O) groups excluding carboxylic acids is 1. The summed E-state index contributed by atoms with van der Waals surface area (Å²) in [7, 11) is 1.91. The van der Waals surface area contributed by atoms with Gasteiger partial charge in [0.15, 0.2) is 5.65 Å². The number of nitrogens with zero attached hydrogens (tertiary/aromatic N) is 4. The highest BCUT2D eigenvalue weighted by molar-refractivity contribution is 5.89. The van der Waals surface area contributed by atoms with Gasteiger partial charge in [-0.2, -0.15) is 0 Å². The number of aromatic nitrogens is 3. The summed E-state index contributed by atoms with van der Waals surface area (Å²) in [6, 6.07) is 1.68. The van der Waals surface area contributed by atoms with Crippen LogP contribution in [0, 0.1) is 5.92 Å². The van der Waals surface area contributed by atoms with Crippen molar-refractivity contribution in [1.82, 2.24) is 19.9 Å². The molecule has 3 N–H and O–H groups in total. The quantitative estimate of drug-likeness (QED) is 0.864. The van der Waals surface area contributed by atoms with E-state index in [9.17, 15) is 4.79 Å². The van der Waals surface area contributed by atoms with Gasteiger partial charge in [-0.15, -0.1) is 0 Å². The van der Waals surface area contributed by atoms with E-state index >= 15 is 0 Å². The first-order valence-corrected chi connectivity index (χ1v) is 8.61. The fourth-order valence-corrected chi connectivity index (χ4v) is 3.24. The summed E-state index contributed by atoms with van der Waals surface area (Å²) in [5, 5.41) is 3.00. The van der Waals surface area contributed by atoms with E-state index in [1.165, 1.54) is 6.92 Å². The zero-order valence-corrected chi connectivity index (χ0v) is 15.2. The number of morpholine rings is 1. The fraction of sp³-hybridized carbons (Fsp3) is 0.588. The number of ether oxygens (including phenoxy) is 1. The summed E-state index contributed by atoms with van der Waals surface area (Å²) in [5.41, 5.74) is 8.56. The first-order chi connectivity index (χ1) is 11.9. The lowest BCUT2D eigenvalue weighted by Gasteiger charge is -2.29. The minimum Gasteiger partial charge on any atom is -0.384 e. The van der Waals surface area contributed by atoms with Crippen LogP contribution in [0.4, 0.5) is 11.5 Å². The minimum atomic E-state index is -0.185. The number of nitrogens with one attached hydrogen (secondary N) is 1. The van der Waals surface area contributed by atoms with Crippen LogP contribution >= 0.6 is 0 Å². The standard InChI is InChI=1S/C17H26N6O2/c1-10(2)14(19-11(3)24)16-21-15-12(23-5-7-25-8-6-23)9-13(18)20-17(15)22(16)4/h9-10,14H,5-8H2,1-4H3,(H2,18,20)(H,19,24). The zero-order chi connectivity index (χ0) is 18.1. The maximum Gasteiger partial charge on any atom is 0.217 e. The van der Waals surface area contributed by atoms with Gasteiger partial charge in [-0.25, -0.2) is 9.97 Å². The van der Waals surface area contributed by atoms with Crippen molar-refractivity contribution in [3.05, 3.63) is 11.9 Å². The molecule has 1 amide bonds. The molecule has 25 heavy (non-hydrogen) atoms. The summed E-state index contributed by atoms with van der Waals surface area (Å²) in [4.78, 5) is 23.2. The summed E-state index contributed by atoms with van der Waals surface area (Å²) in [6.07, 6.45) is 0. The van der Waals surface area contributed by atoms with Crippen molar-refractivity contribution >= 4 is 28.6 Å². The lowest BCUT2D eigenvalue weighted by molar-refractivity contribution is -0.120. The topological polar surface area (TPSA) is 98.3 Å². The van der Waals surface area contributed by atoms with Gasteiger partial charge in [-0.1, -0.05) is 13.8 Å². The van der Waals surface area contributed by atoms with Crippen LogP contribution in [0.3, 0.4) is 0 Å². The fourth-order valence-electron chi connectivity index (χ4n) is 3.24. The average molecular weight is 346 g/mol. The molecule has 1 atom stereocenters. The van der Waals surface area contributed by atoms with Gasteiger partial charge in [0, 0.05) is 33.1 Å². The molecule has 136 valence electrons. The van der Waals surface area contributed by atoms with Gasteiger partial charge in [0.2, 0.25) is 5.91 Å². The molecule has 2 aromatic rings. The van der Waals surface area contributed by atoms with Gasteiger partial charge in [0.05, 0.1) is 24.9 Å². The molecule has 0 bridgehead atoms. The molecule has 0 radical (unpaired) electrons. The second kappa shape index (κ2) is 6.87. The highest BCUT2D eigenvalue weighted by Gasteiger charge is 2.26. The number of rotatable bonds is 4. The van der Waals surface area contributed by atoms with Crippen molar-refractivity contribution in [2.75, 3.05) is 36.9 Å². The van der Waals surface area contributed by atoms with Crippen molar-refractivity contribution in [2.45, 2.75) is 26.8 Å². The predicted octanol–water partition coefficient (Wildman–Crippen LogP) is 1.22. The second-order valence-corrected chi connectivity index (χ2v) is 6.79. The Morgan fingerprint density at radius 1 is 1.32 bits per heavy atom. The van der Waals surface area contributed by atoms with E-state index in [2.05, 4.69) is 29.0 Å². The third-order valence-corrected chi connectivity index (χ3v) is 4.52. The van der Waals surface area contributed by atoms with Gasteiger partial charge in [-0.05, 0) is 5.92 Å². The zero-order valence-electron chi connectivity index (χ0n) is 15.2. The van der Waals surface area contributed by atoms with E-state index in [0.717, 1.165) is 35.8 Å². The van der Waals surface area contributed by atoms with E-state index in [0.29, 0.717) is 19.0 Å². The number of nitrogens with two attached hydrogens (primary N) is 1. The summed E-state index contributed by atoms with van der Waals surface area (Å²) < 4.78 is 7.37. The molecule has 1 unspecified atom stereocenters. The molecule has 8 nitrogen and oxygen atoms in total. The number of fused-ring (bicyclic) bond motifs is 1. The van der Waals surface area contributed by atoms with E-state index in [4.69, 9.17) is 15.5 Å². The van der Waals surface area contributed by atoms with E-state index in [1.807, 2.05) is 17.7 Å². The van der Waals surface area contributed by atoms with Crippen LogP contribution in [-0.4, -0.2) is 46.7 Å². The first kappa shape index (κ1) is 17.5. The highest BCUT2D eigenvalue weighted by atomic mass is 16.5. The first-order valence-electron chi connectivity index (χ1n) is 8.61. The molecule has 8 heteroatoms. The number of carbonyl (C=O) groups is 1. The SMILES string of the molecule is CC(=O)NC(c1nc2c(N3CCOCC3)cc(N)nc2n1C)C(C)C. The second-order valence-electron chi connectivity index (χ2n) is 6.79. The Morgan fingerprint density at radius 2 is 2.00 bits per heavy atom. The number of pyridine rings is 1. The van der Waals surface area contributed by atoms with Crippen LogP contribution in [0.2, 0.25) is 0 Å². The molecule has 1 aliphatic heterocycles. The third-order valence-electron chi connectivity index (χ3n) is 4.52. The molecule has 0 saturated carbocycles. The molecule has 3 heterocycles. The number of hydrogen-bond acceptors (Lipinski definition) is 6. The molecule has 0 aromatic carbocycles. The minimum absolute atomic E-state index is 0.0772. The lowest BCUT2D eigenvalue weighted by atomic mass is 10.0. The van der Waals surface area contributed by atoms with Crippen LogP contribution < -0.4 is 16.0 Å². The summed E-state index contributed by atoms with van der Waals surface area (Å²) >= 11 is 0. The molecule has 1 aliphatic rings. The van der Waals surface area contributed by atoms with Crippen LogP contribution in [0.25, 0.3) is 11.2 Å². The molecule has 3 rings (SSSR count). The Hall–Kier alpha value is -2.35. The van der Waals surface area contributed by atoms with Crippen LogP contribution in [-0.2, 0) is 16.6 Å². The Labute approximate surface area is 147 Å². The van der Waals surface area contributed by atoms with Crippen molar-refractivity contribution in [3.8, 4) is 0 Å². The van der Waals surface area contributed by atoms with Crippen molar-refractivity contribution in [3.63, 3.8) is 0 Å². The number of hydrogen-bond donors (Lipinski definition) is 2. The summed E-state index contributed by atoms with van der Waals surface area (Å²) in [5.74, 6) is 1.37. The monoisotopic (exact) mass is 346 g/mol. The molecule has 0 spiro atoms. The number of amides is 1. The largest absolute Gasteiger partial charge is 0.384 e. The Balaban J connectivity index is 2.12. The maximum atomic E-state index is 11.6. The highest BCUT2D eigenvalue weighted by Crippen LogP contribution is 2.31. The Bertz CT molecular complexity index is 779. The lowest BCUT2D eigenvalue weighted by Crippen LogP contribution is -2.36. The van der Waals surface area contributed by atoms with Gasteiger partial charge in [-0.3, -0.25) is 4.79 Å². The Kier molecular flexibility index (Phi) is 4.80. The van der Waals surface area contributed by atoms with E-state index < -0.39 is 0 Å². The average Bonchev–Trinajstić information content (AvgIpc) is 2.89. The number of nitrogen functional groups attached to an aromatic ring is 1. The number of imidazole rings is 1. The molecular weight excluding hydrogens is 320 g/mol. The Morgan fingerprint density at radius 3 is 2.60 bits per heavy atom. The number of anilines is 2. The number of aryl methyl sites for hydroxylation is 1. The van der Waals surface area contributed by atoms with Gasteiger partial charge >= 0.3 is 0 Å². The van der Waals surface area contributed by atoms with E-state index in [1.54, 1.807) is 0 Å². The van der Waals surface area contributed by atoms with Gasteiger partial charge < -0.3 is 25.3 Å². The normalized spacial score (nSPS) is 16.4. The molecule has 0 aliphatic carbocycles. The molecule has 1 saturated heterocycles. The molecule has 1 fully saturated rings. The van der Waals surface area contributed by atoms with E-state index in [-0.39, 0.29) is 17.9 Å². The van der Waals surface area contributed by atoms with Crippen molar-refractivity contribution in [1.29, 1.82) is 0 Å². The molecule has 2 aromatic heterocycles. The van der Waals surface area contributed by atoms with Crippen molar-refractivity contribution in [2.24, 2.45) is 13.0 Å².